The lowest BCUT2D eigenvalue weighted by Gasteiger charge is -2.34. The largest absolute Gasteiger partial charge is 0.336 e. The number of hydrogen-bond donors (Lipinski definition) is 0. The van der Waals surface area contributed by atoms with Gasteiger partial charge in [-0.15, -0.1) is 0 Å². The summed E-state index contributed by atoms with van der Waals surface area (Å²) >= 11 is 14.9. The Labute approximate surface area is 174 Å². The summed E-state index contributed by atoms with van der Waals surface area (Å²) in [5, 5.41) is -0.114. The van der Waals surface area contributed by atoms with E-state index in [-0.39, 0.29) is 46.7 Å². The first-order valence-electron chi connectivity index (χ1n) is 7.89. The van der Waals surface area contributed by atoms with Crippen molar-refractivity contribution < 1.29 is 17.6 Å². The van der Waals surface area contributed by atoms with Gasteiger partial charge >= 0.3 is 0 Å². The summed E-state index contributed by atoms with van der Waals surface area (Å²) in [5.74, 6) is -1.20. The molecular weight excluding hydrogens is 482 g/mol. The molecular formula is C17H14BrCl2FN2O3S. The molecule has 0 aliphatic carbocycles. The van der Waals surface area contributed by atoms with Gasteiger partial charge in [0.2, 0.25) is 10.0 Å². The quantitative estimate of drug-likeness (QED) is 0.604. The Morgan fingerprint density at radius 1 is 1.04 bits per heavy atom. The second-order valence-electron chi connectivity index (χ2n) is 5.90. The van der Waals surface area contributed by atoms with E-state index in [0.717, 1.165) is 6.07 Å². The van der Waals surface area contributed by atoms with Crippen LogP contribution in [0.1, 0.15) is 10.4 Å². The molecule has 0 spiro atoms. The number of sulfonamides is 1. The average Bonchev–Trinajstić information content (AvgIpc) is 2.64. The summed E-state index contributed by atoms with van der Waals surface area (Å²) in [7, 11) is -3.66. The molecule has 0 radical (unpaired) electrons. The molecule has 1 fully saturated rings. The second kappa shape index (κ2) is 8.05. The Kier molecular flexibility index (Phi) is 6.12. The molecule has 10 heteroatoms. The third-order valence-corrected chi connectivity index (χ3v) is 7.19. The predicted octanol–water partition coefficient (Wildman–Crippen LogP) is 4.04. The number of amides is 1. The zero-order valence-electron chi connectivity index (χ0n) is 13.8. The topological polar surface area (TPSA) is 57.7 Å². The van der Waals surface area contributed by atoms with Crippen LogP contribution in [0, 0.1) is 5.82 Å². The molecule has 144 valence electrons. The van der Waals surface area contributed by atoms with Crippen LogP contribution in [0.5, 0.6) is 0 Å². The summed E-state index contributed by atoms with van der Waals surface area (Å²) in [4.78, 5) is 14.2. The maximum Gasteiger partial charge on any atom is 0.255 e. The van der Waals surface area contributed by atoms with Gasteiger partial charge in [-0.2, -0.15) is 4.31 Å². The molecule has 5 nitrogen and oxygen atoms in total. The van der Waals surface area contributed by atoms with Gasteiger partial charge in [0, 0.05) is 30.7 Å². The summed E-state index contributed by atoms with van der Waals surface area (Å²) in [5.41, 5.74) is 0.00173. The highest BCUT2D eigenvalue weighted by Crippen LogP contribution is 2.26. The van der Waals surface area contributed by atoms with Crippen molar-refractivity contribution in [3.63, 3.8) is 0 Å². The van der Waals surface area contributed by atoms with Crippen molar-refractivity contribution in [3.05, 3.63) is 62.3 Å². The lowest BCUT2D eigenvalue weighted by atomic mass is 10.1. The van der Waals surface area contributed by atoms with Crippen LogP contribution in [-0.2, 0) is 10.0 Å². The molecule has 0 unspecified atom stereocenters. The number of carbonyl (C=O) groups is 1. The summed E-state index contributed by atoms with van der Waals surface area (Å²) in [6.07, 6.45) is 0. The summed E-state index contributed by atoms with van der Waals surface area (Å²) in [6, 6.07) is 8.62. The van der Waals surface area contributed by atoms with Crippen LogP contribution < -0.4 is 0 Å². The normalized spacial score (nSPS) is 15.8. The Balaban J connectivity index is 1.74. The molecule has 0 bridgehead atoms. The van der Waals surface area contributed by atoms with Gasteiger partial charge in [0.1, 0.15) is 5.82 Å². The highest BCUT2D eigenvalue weighted by Gasteiger charge is 2.31. The maximum atomic E-state index is 13.7. The molecule has 1 heterocycles. The molecule has 0 atom stereocenters. The molecule has 3 rings (SSSR count). The second-order valence-corrected chi connectivity index (χ2v) is 9.57. The van der Waals surface area contributed by atoms with Crippen molar-refractivity contribution in [1.29, 1.82) is 0 Å². The maximum absolute atomic E-state index is 13.7. The number of carbonyl (C=O) groups excluding carboxylic acids is 1. The molecule has 0 saturated carbocycles. The minimum Gasteiger partial charge on any atom is -0.336 e. The van der Waals surface area contributed by atoms with Crippen molar-refractivity contribution in [2.24, 2.45) is 0 Å². The molecule has 2 aromatic carbocycles. The van der Waals surface area contributed by atoms with Crippen molar-refractivity contribution in [3.8, 4) is 0 Å². The van der Waals surface area contributed by atoms with Crippen LogP contribution in [0.2, 0.25) is 10.0 Å². The van der Waals surface area contributed by atoms with Gasteiger partial charge in [0.15, 0.2) is 0 Å². The zero-order chi connectivity index (χ0) is 19.8. The predicted molar refractivity (Wildman–Crippen MR) is 105 cm³/mol. The van der Waals surface area contributed by atoms with Crippen LogP contribution in [-0.4, -0.2) is 49.7 Å². The van der Waals surface area contributed by atoms with E-state index in [1.54, 1.807) is 12.1 Å². The van der Waals surface area contributed by atoms with Crippen LogP contribution in [0.3, 0.4) is 0 Å². The van der Waals surface area contributed by atoms with Crippen LogP contribution in [0.25, 0.3) is 0 Å². The average molecular weight is 496 g/mol. The number of halogens is 4. The van der Waals surface area contributed by atoms with Gasteiger partial charge in [-0.1, -0.05) is 45.2 Å². The fourth-order valence-corrected chi connectivity index (χ4v) is 5.25. The number of nitrogens with zero attached hydrogens (tertiary/aromatic N) is 2. The SMILES string of the molecule is O=C(c1cc(F)c(Cl)cc1Cl)N1CCN(S(=O)(=O)c2cccc(Br)c2)CC1. The highest BCUT2D eigenvalue weighted by atomic mass is 79.9. The van der Waals surface area contributed by atoms with E-state index in [1.165, 1.54) is 27.4 Å². The molecule has 1 aliphatic rings. The van der Waals surface area contributed by atoms with Crippen molar-refractivity contribution in [2.75, 3.05) is 26.2 Å². The number of benzene rings is 2. The number of piperazine rings is 1. The van der Waals surface area contributed by atoms with E-state index in [9.17, 15) is 17.6 Å². The van der Waals surface area contributed by atoms with Gasteiger partial charge in [0.25, 0.3) is 5.91 Å². The van der Waals surface area contributed by atoms with Crippen LogP contribution >= 0.6 is 39.1 Å². The number of hydrogen-bond acceptors (Lipinski definition) is 3. The first-order valence-corrected chi connectivity index (χ1v) is 10.9. The van der Waals surface area contributed by atoms with Crippen LogP contribution in [0.15, 0.2) is 45.8 Å². The van der Waals surface area contributed by atoms with E-state index >= 15 is 0 Å². The van der Waals surface area contributed by atoms with Crippen molar-refractivity contribution in [2.45, 2.75) is 4.90 Å². The van der Waals surface area contributed by atoms with Crippen molar-refractivity contribution in [1.82, 2.24) is 9.21 Å². The fourth-order valence-electron chi connectivity index (χ4n) is 2.76. The van der Waals surface area contributed by atoms with Gasteiger partial charge in [-0.3, -0.25) is 4.79 Å². The van der Waals surface area contributed by atoms with E-state index in [2.05, 4.69) is 15.9 Å². The first kappa shape index (κ1) is 20.5. The fraction of sp³-hybridized carbons (Fsp3) is 0.235. The van der Waals surface area contributed by atoms with Gasteiger partial charge in [-0.25, -0.2) is 12.8 Å². The monoisotopic (exact) mass is 494 g/mol. The Hall–Kier alpha value is -1.19. The molecule has 0 aromatic heterocycles. The van der Waals surface area contributed by atoms with Crippen LogP contribution in [0.4, 0.5) is 4.39 Å². The Morgan fingerprint density at radius 3 is 2.33 bits per heavy atom. The lowest BCUT2D eigenvalue weighted by Crippen LogP contribution is -2.50. The van der Waals surface area contributed by atoms with E-state index < -0.39 is 21.7 Å². The zero-order valence-corrected chi connectivity index (χ0v) is 17.7. The van der Waals surface area contributed by atoms with Gasteiger partial charge in [-0.05, 0) is 30.3 Å². The Morgan fingerprint density at radius 2 is 1.70 bits per heavy atom. The molecule has 0 N–H and O–H groups in total. The highest BCUT2D eigenvalue weighted by molar-refractivity contribution is 9.10. The Bertz CT molecular complexity index is 996. The third kappa shape index (κ3) is 4.30. The summed E-state index contributed by atoms with van der Waals surface area (Å²) < 4.78 is 41.1. The molecule has 1 saturated heterocycles. The minimum atomic E-state index is -3.66. The number of rotatable bonds is 3. The van der Waals surface area contributed by atoms with E-state index in [0.29, 0.717) is 4.47 Å². The lowest BCUT2D eigenvalue weighted by molar-refractivity contribution is 0.0697. The molecule has 2 aromatic rings. The van der Waals surface area contributed by atoms with Gasteiger partial charge in [0.05, 0.1) is 20.5 Å². The van der Waals surface area contributed by atoms with E-state index in [1.807, 2.05) is 0 Å². The molecule has 1 aliphatic heterocycles. The van der Waals surface area contributed by atoms with Gasteiger partial charge < -0.3 is 4.90 Å². The van der Waals surface area contributed by atoms with Crippen molar-refractivity contribution >= 4 is 55.1 Å². The third-order valence-electron chi connectivity index (χ3n) is 4.20. The molecule has 1 amide bonds. The molecule has 27 heavy (non-hydrogen) atoms. The summed E-state index contributed by atoms with van der Waals surface area (Å²) in [6.45, 7) is 0.613. The first-order chi connectivity index (χ1) is 12.7. The van der Waals surface area contributed by atoms with E-state index in [4.69, 9.17) is 23.2 Å². The standard InChI is InChI=1S/C17H14BrCl2FN2O3S/c18-11-2-1-3-12(8-11)27(25,26)23-6-4-22(5-7-23)17(24)13-9-16(21)15(20)10-14(13)19/h1-3,8-10H,4-7H2. The minimum absolute atomic E-state index is 0.00173. The smallest absolute Gasteiger partial charge is 0.255 e.